The topological polar surface area (TPSA) is 83.7 Å². The molecule has 6 nitrogen and oxygen atoms in total. The average molecular weight is 292 g/mol. The Kier molecular flexibility index (Phi) is 7.11. The Hall–Kier alpha value is -2.21. The van der Waals surface area contributed by atoms with Gasteiger partial charge in [0.2, 0.25) is 5.91 Å². The van der Waals surface area contributed by atoms with Gasteiger partial charge in [-0.15, -0.1) is 0 Å². The molecule has 0 aliphatic carbocycles. The largest absolute Gasteiger partial charge is 0.396 e. The van der Waals surface area contributed by atoms with Gasteiger partial charge in [0.05, 0.1) is 4.92 Å². The number of aliphatic hydroxyl groups is 1. The van der Waals surface area contributed by atoms with Crippen molar-refractivity contribution in [1.82, 2.24) is 4.90 Å². The number of unbranched alkanes of at least 4 members (excludes halogenated alkanes) is 2. The molecule has 0 saturated carbocycles. The van der Waals surface area contributed by atoms with Gasteiger partial charge in [0.1, 0.15) is 0 Å². The van der Waals surface area contributed by atoms with Crippen LogP contribution in [-0.4, -0.2) is 41.0 Å². The molecule has 0 spiro atoms. The van der Waals surface area contributed by atoms with Crippen molar-refractivity contribution in [3.8, 4) is 0 Å². The monoisotopic (exact) mass is 292 g/mol. The lowest BCUT2D eigenvalue weighted by atomic mass is 10.2. The molecular formula is C15H20N2O4. The van der Waals surface area contributed by atoms with E-state index in [0.29, 0.717) is 12.1 Å². The first-order chi connectivity index (χ1) is 10.0. The van der Waals surface area contributed by atoms with Gasteiger partial charge in [-0.05, 0) is 30.9 Å². The number of nitrogens with zero attached hydrogens (tertiary/aromatic N) is 2. The van der Waals surface area contributed by atoms with E-state index in [-0.39, 0.29) is 18.2 Å². The van der Waals surface area contributed by atoms with Gasteiger partial charge in [0.15, 0.2) is 0 Å². The molecule has 0 aromatic heterocycles. The maximum Gasteiger partial charge on any atom is 0.270 e. The molecule has 21 heavy (non-hydrogen) atoms. The van der Waals surface area contributed by atoms with Crippen molar-refractivity contribution >= 4 is 17.7 Å². The van der Waals surface area contributed by atoms with Crippen LogP contribution in [0.15, 0.2) is 30.3 Å². The van der Waals surface area contributed by atoms with Crippen molar-refractivity contribution in [3.63, 3.8) is 0 Å². The third-order valence-corrected chi connectivity index (χ3v) is 3.03. The second kappa shape index (κ2) is 8.86. The van der Waals surface area contributed by atoms with E-state index in [1.165, 1.54) is 18.2 Å². The number of non-ortho nitro benzene ring substituents is 1. The number of nitro benzene ring substituents is 1. The minimum atomic E-state index is -0.466. The number of hydrogen-bond donors (Lipinski definition) is 1. The minimum absolute atomic E-state index is 0.00181. The lowest BCUT2D eigenvalue weighted by molar-refractivity contribution is -0.384. The molecule has 0 aliphatic heterocycles. The van der Waals surface area contributed by atoms with Crippen LogP contribution in [0.5, 0.6) is 0 Å². The molecule has 6 heteroatoms. The molecule has 0 aliphatic rings. The van der Waals surface area contributed by atoms with E-state index in [4.69, 9.17) is 5.11 Å². The molecule has 0 radical (unpaired) electrons. The summed E-state index contributed by atoms with van der Waals surface area (Å²) in [5, 5.41) is 19.3. The van der Waals surface area contributed by atoms with Crippen LogP contribution in [-0.2, 0) is 4.79 Å². The zero-order valence-corrected chi connectivity index (χ0v) is 12.1. The van der Waals surface area contributed by atoms with Crippen LogP contribution < -0.4 is 0 Å². The third-order valence-electron chi connectivity index (χ3n) is 3.03. The van der Waals surface area contributed by atoms with Crippen LogP contribution in [0.3, 0.4) is 0 Å². The summed E-state index contributed by atoms with van der Waals surface area (Å²) in [4.78, 5) is 23.6. The van der Waals surface area contributed by atoms with Crippen molar-refractivity contribution < 1.29 is 14.8 Å². The molecule has 0 saturated heterocycles. The van der Waals surface area contributed by atoms with Crippen LogP contribution in [0.25, 0.3) is 6.08 Å². The lowest BCUT2D eigenvalue weighted by Crippen LogP contribution is -2.25. The number of carbonyl (C=O) groups is 1. The maximum atomic E-state index is 11.9. The second-order valence-corrected chi connectivity index (χ2v) is 4.73. The highest BCUT2D eigenvalue weighted by Gasteiger charge is 2.06. The average Bonchev–Trinajstić information content (AvgIpc) is 2.49. The SMILES string of the molecule is CN(CCCCCO)C(=O)/C=C/c1cccc([N+](=O)[O-])c1. The fourth-order valence-corrected chi connectivity index (χ4v) is 1.78. The summed E-state index contributed by atoms with van der Waals surface area (Å²) in [5.74, 6) is -0.148. The lowest BCUT2D eigenvalue weighted by Gasteiger charge is -2.14. The Labute approximate surface area is 123 Å². The van der Waals surface area contributed by atoms with Crippen LogP contribution >= 0.6 is 0 Å². The number of amides is 1. The van der Waals surface area contributed by atoms with E-state index < -0.39 is 4.92 Å². The minimum Gasteiger partial charge on any atom is -0.396 e. The molecule has 0 heterocycles. The van der Waals surface area contributed by atoms with Gasteiger partial charge in [-0.2, -0.15) is 0 Å². The zero-order chi connectivity index (χ0) is 15.7. The standard InChI is InChI=1S/C15H20N2O4/c1-16(10-3-2-4-11-18)15(19)9-8-13-6-5-7-14(12-13)17(20)21/h5-9,12,18H,2-4,10-11H2,1H3/b9-8+. The van der Waals surface area contributed by atoms with E-state index in [2.05, 4.69) is 0 Å². The number of carbonyl (C=O) groups excluding carboxylic acids is 1. The number of hydrogen-bond acceptors (Lipinski definition) is 4. The molecule has 0 bridgehead atoms. The van der Waals surface area contributed by atoms with E-state index in [1.54, 1.807) is 30.2 Å². The first-order valence-electron chi connectivity index (χ1n) is 6.83. The Morgan fingerprint density at radius 1 is 1.38 bits per heavy atom. The van der Waals surface area contributed by atoms with Crippen molar-refractivity contribution in [2.75, 3.05) is 20.2 Å². The molecule has 1 aromatic rings. The highest BCUT2D eigenvalue weighted by molar-refractivity contribution is 5.91. The zero-order valence-electron chi connectivity index (χ0n) is 12.1. The van der Waals surface area contributed by atoms with Gasteiger partial charge in [-0.25, -0.2) is 0 Å². The smallest absolute Gasteiger partial charge is 0.270 e. The first-order valence-corrected chi connectivity index (χ1v) is 6.83. The van der Waals surface area contributed by atoms with Crippen molar-refractivity contribution in [2.24, 2.45) is 0 Å². The third kappa shape index (κ3) is 6.18. The first kappa shape index (κ1) is 16.8. The summed E-state index contributed by atoms with van der Waals surface area (Å²) in [5.41, 5.74) is 0.619. The Bertz CT molecular complexity index is 514. The summed E-state index contributed by atoms with van der Waals surface area (Å²) in [6.07, 6.45) is 5.44. The predicted molar refractivity (Wildman–Crippen MR) is 80.7 cm³/mol. The van der Waals surface area contributed by atoms with Crippen LogP contribution in [0.1, 0.15) is 24.8 Å². The van der Waals surface area contributed by atoms with E-state index >= 15 is 0 Å². The quantitative estimate of drug-likeness (QED) is 0.344. The number of benzene rings is 1. The predicted octanol–water partition coefficient (Wildman–Crippen LogP) is 2.23. The van der Waals surface area contributed by atoms with Crippen LogP contribution in [0, 0.1) is 10.1 Å². The fraction of sp³-hybridized carbons (Fsp3) is 0.400. The molecule has 1 rings (SSSR count). The van der Waals surface area contributed by atoms with E-state index in [1.807, 2.05) is 0 Å². The van der Waals surface area contributed by atoms with Crippen molar-refractivity contribution in [1.29, 1.82) is 0 Å². The molecule has 1 N–H and O–H groups in total. The highest BCUT2D eigenvalue weighted by Crippen LogP contribution is 2.14. The summed E-state index contributed by atoms with van der Waals surface area (Å²) >= 11 is 0. The van der Waals surface area contributed by atoms with Crippen molar-refractivity contribution in [2.45, 2.75) is 19.3 Å². The van der Waals surface area contributed by atoms with Gasteiger partial charge in [-0.1, -0.05) is 12.1 Å². The molecule has 0 atom stereocenters. The van der Waals surface area contributed by atoms with E-state index in [0.717, 1.165) is 19.3 Å². The van der Waals surface area contributed by atoms with Gasteiger partial charge in [0, 0.05) is 38.4 Å². The summed E-state index contributed by atoms with van der Waals surface area (Å²) in [6, 6.07) is 6.12. The summed E-state index contributed by atoms with van der Waals surface area (Å²) in [7, 11) is 1.71. The Morgan fingerprint density at radius 3 is 2.81 bits per heavy atom. The van der Waals surface area contributed by atoms with Crippen molar-refractivity contribution in [3.05, 3.63) is 46.0 Å². The van der Waals surface area contributed by atoms with Gasteiger partial charge in [-0.3, -0.25) is 14.9 Å². The van der Waals surface area contributed by atoms with Crippen LogP contribution in [0.4, 0.5) is 5.69 Å². The van der Waals surface area contributed by atoms with E-state index in [9.17, 15) is 14.9 Å². The molecular weight excluding hydrogens is 272 g/mol. The summed E-state index contributed by atoms with van der Waals surface area (Å²) < 4.78 is 0. The number of rotatable bonds is 8. The molecule has 0 unspecified atom stereocenters. The molecule has 0 fully saturated rings. The van der Waals surface area contributed by atoms with Crippen LogP contribution in [0.2, 0.25) is 0 Å². The Morgan fingerprint density at radius 2 is 2.14 bits per heavy atom. The molecule has 114 valence electrons. The molecule has 1 aromatic carbocycles. The second-order valence-electron chi connectivity index (χ2n) is 4.73. The van der Waals surface area contributed by atoms with Gasteiger partial charge >= 0.3 is 0 Å². The number of nitro groups is 1. The Balaban J connectivity index is 2.53. The normalized spacial score (nSPS) is 10.8. The molecule has 1 amide bonds. The summed E-state index contributed by atoms with van der Waals surface area (Å²) in [6.45, 7) is 0.794. The fourth-order valence-electron chi connectivity index (χ4n) is 1.78. The highest BCUT2D eigenvalue weighted by atomic mass is 16.6. The maximum absolute atomic E-state index is 11.9. The van der Waals surface area contributed by atoms with Gasteiger partial charge in [0.25, 0.3) is 5.69 Å². The number of likely N-dealkylation sites (N-methyl/N-ethyl adjacent to an activating group) is 1. The number of aliphatic hydroxyl groups excluding tert-OH is 1. The van der Waals surface area contributed by atoms with Gasteiger partial charge < -0.3 is 10.0 Å².